The molecule has 2 nitrogen and oxygen atoms in total. The van der Waals surface area contributed by atoms with Crippen LogP contribution in [0.2, 0.25) is 0 Å². The fraction of sp³-hybridized carbons (Fsp3) is 1.00. The maximum Gasteiger partial charge on any atom is 0.0249 e. The predicted molar refractivity (Wildman–Crippen MR) is 64.7 cm³/mol. The van der Waals surface area contributed by atoms with Crippen LogP contribution >= 0.6 is 0 Å². The van der Waals surface area contributed by atoms with Gasteiger partial charge in [0.05, 0.1) is 0 Å². The molecule has 2 aliphatic rings. The maximum absolute atomic E-state index is 6.27. The summed E-state index contributed by atoms with van der Waals surface area (Å²) in [6.45, 7) is 7.30. The number of nitrogens with zero attached hydrogens (tertiary/aromatic N) is 1. The van der Waals surface area contributed by atoms with E-state index in [1.807, 2.05) is 0 Å². The molecule has 1 aliphatic carbocycles. The highest BCUT2D eigenvalue weighted by atomic mass is 15.2. The van der Waals surface area contributed by atoms with Gasteiger partial charge in [-0.2, -0.15) is 0 Å². The molecule has 0 radical (unpaired) electrons. The minimum Gasteiger partial charge on any atom is -0.326 e. The van der Waals surface area contributed by atoms with E-state index in [0.29, 0.717) is 12.1 Å². The lowest BCUT2D eigenvalue weighted by molar-refractivity contribution is 0.137. The Bertz CT molecular complexity index is 205. The third-order valence-electron chi connectivity index (χ3n) is 4.49. The van der Waals surface area contributed by atoms with Crippen molar-refractivity contribution in [1.29, 1.82) is 0 Å². The van der Waals surface area contributed by atoms with E-state index >= 15 is 0 Å². The van der Waals surface area contributed by atoms with Crippen molar-refractivity contribution in [3.8, 4) is 0 Å². The van der Waals surface area contributed by atoms with E-state index in [9.17, 15) is 0 Å². The van der Waals surface area contributed by atoms with E-state index in [1.54, 1.807) is 0 Å². The molecule has 88 valence electrons. The van der Waals surface area contributed by atoms with Gasteiger partial charge in [0.25, 0.3) is 0 Å². The first-order valence-corrected chi connectivity index (χ1v) is 6.70. The van der Waals surface area contributed by atoms with Gasteiger partial charge in [0, 0.05) is 18.6 Å². The first-order valence-electron chi connectivity index (χ1n) is 6.70. The molecule has 0 aromatic heterocycles. The minimum atomic E-state index is 0.441. The lowest BCUT2D eigenvalue weighted by Gasteiger charge is -2.38. The summed E-state index contributed by atoms with van der Waals surface area (Å²) < 4.78 is 0. The zero-order valence-corrected chi connectivity index (χ0v) is 10.3. The van der Waals surface area contributed by atoms with E-state index < -0.39 is 0 Å². The standard InChI is InChI=1S/C13H26N2/c1-3-11-6-7-15(9-11)13-8-10(2)4-5-12(13)14/h10-13H,3-9,14H2,1-2H3. The molecular formula is C13H26N2. The summed E-state index contributed by atoms with van der Waals surface area (Å²) in [7, 11) is 0. The Morgan fingerprint density at radius 3 is 2.73 bits per heavy atom. The zero-order valence-electron chi connectivity index (χ0n) is 10.3. The quantitative estimate of drug-likeness (QED) is 0.757. The number of hydrogen-bond donors (Lipinski definition) is 1. The van der Waals surface area contributed by atoms with Crippen molar-refractivity contribution >= 4 is 0 Å². The summed E-state index contributed by atoms with van der Waals surface area (Å²) in [4.78, 5) is 2.68. The summed E-state index contributed by atoms with van der Waals surface area (Å²) >= 11 is 0. The SMILES string of the molecule is CCC1CCN(C2CC(C)CCC2N)C1. The van der Waals surface area contributed by atoms with Crippen LogP contribution in [0.3, 0.4) is 0 Å². The molecule has 2 rings (SSSR count). The highest BCUT2D eigenvalue weighted by Crippen LogP contribution is 2.30. The zero-order chi connectivity index (χ0) is 10.8. The molecule has 4 atom stereocenters. The van der Waals surface area contributed by atoms with Gasteiger partial charge in [0.15, 0.2) is 0 Å². The number of likely N-dealkylation sites (tertiary alicyclic amines) is 1. The van der Waals surface area contributed by atoms with Crippen molar-refractivity contribution in [2.75, 3.05) is 13.1 Å². The molecule has 2 N–H and O–H groups in total. The van der Waals surface area contributed by atoms with Crippen molar-refractivity contribution in [2.45, 2.75) is 58.0 Å². The molecular weight excluding hydrogens is 184 g/mol. The van der Waals surface area contributed by atoms with Crippen LogP contribution in [0.5, 0.6) is 0 Å². The highest BCUT2D eigenvalue weighted by molar-refractivity contribution is 4.91. The molecule has 0 spiro atoms. The van der Waals surface area contributed by atoms with Gasteiger partial charge in [-0.3, -0.25) is 4.90 Å². The molecule has 0 amide bonds. The molecule has 2 heteroatoms. The van der Waals surface area contributed by atoms with Crippen molar-refractivity contribution < 1.29 is 0 Å². The van der Waals surface area contributed by atoms with Crippen LogP contribution in [0.25, 0.3) is 0 Å². The van der Waals surface area contributed by atoms with E-state index in [-0.39, 0.29) is 0 Å². The van der Waals surface area contributed by atoms with Gasteiger partial charge < -0.3 is 5.73 Å². The van der Waals surface area contributed by atoms with E-state index in [0.717, 1.165) is 11.8 Å². The average Bonchev–Trinajstić information content (AvgIpc) is 2.70. The molecule has 15 heavy (non-hydrogen) atoms. The molecule has 0 aromatic rings. The molecule has 0 aromatic carbocycles. The monoisotopic (exact) mass is 210 g/mol. The third-order valence-corrected chi connectivity index (χ3v) is 4.49. The third kappa shape index (κ3) is 2.54. The van der Waals surface area contributed by atoms with Gasteiger partial charge in [-0.05, 0) is 44.1 Å². The normalized spacial score (nSPS) is 43.4. The van der Waals surface area contributed by atoms with Crippen molar-refractivity contribution in [3.05, 3.63) is 0 Å². The Kier molecular flexibility index (Phi) is 3.68. The number of rotatable bonds is 2. The lowest BCUT2D eigenvalue weighted by Crippen LogP contribution is -2.50. The summed E-state index contributed by atoms with van der Waals surface area (Å²) in [6.07, 6.45) is 6.64. The van der Waals surface area contributed by atoms with Crippen LogP contribution in [0, 0.1) is 11.8 Å². The first-order chi connectivity index (χ1) is 7.20. The Balaban J connectivity index is 1.91. The van der Waals surface area contributed by atoms with Gasteiger partial charge in [0.2, 0.25) is 0 Å². The Morgan fingerprint density at radius 1 is 1.27 bits per heavy atom. The second kappa shape index (κ2) is 4.84. The Labute approximate surface area is 94.2 Å². The van der Waals surface area contributed by atoms with Crippen LogP contribution in [-0.4, -0.2) is 30.1 Å². The highest BCUT2D eigenvalue weighted by Gasteiger charge is 2.34. The van der Waals surface area contributed by atoms with Crippen LogP contribution in [-0.2, 0) is 0 Å². The van der Waals surface area contributed by atoms with Gasteiger partial charge in [-0.25, -0.2) is 0 Å². The van der Waals surface area contributed by atoms with Gasteiger partial charge in [-0.1, -0.05) is 20.3 Å². The second-order valence-corrected chi connectivity index (χ2v) is 5.71. The van der Waals surface area contributed by atoms with E-state index in [4.69, 9.17) is 5.73 Å². The van der Waals surface area contributed by atoms with Gasteiger partial charge in [-0.15, -0.1) is 0 Å². The molecule has 4 unspecified atom stereocenters. The first kappa shape index (κ1) is 11.4. The van der Waals surface area contributed by atoms with Crippen molar-refractivity contribution in [3.63, 3.8) is 0 Å². The maximum atomic E-state index is 6.27. The predicted octanol–water partition coefficient (Wildman–Crippen LogP) is 2.23. The molecule has 1 aliphatic heterocycles. The van der Waals surface area contributed by atoms with Crippen molar-refractivity contribution in [2.24, 2.45) is 17.6 Å². The van der Waals surface area contributed by atoms with Crippen molar-refractivity contribution in [1.82, 2.24) is 4.90 Å². The molecule has 2 fully saturated rings. The Hall–Kier alpha value is -0.0800. The topological polar surface area (TPSA) is 29.3 Å². The average molecular weight is 210 g/mol. The van der Waals surface area contributed by atoms with E-state index in [1.165, 1.54) is 45.2 Å². The minimum absolute atomic E-state index is 0.441. The van der Waals surface area contributed by atoms with Crippen LogP contribution in [0.1, 0.15) is 46.0 Å². The fourth-order valence-corrected chi connectivity index (χ4v) is 3.29. The van der Waals surface area contributed by atoms with Crippen LogP contribution in [0.4, 0.5) is 0 Å². The molecule has 0 bridgehead atoms. The summed E-state index contributed by atoms with van der Waals surface area (Å²) in [6, 6.07) is 1.13. The summed E-state index contributed by atoms with van der Waals surface area (Å²) in [5.74, 6) is 1.82. The number of hydrogen-bond acceptors (Lipinski definition) is 2. The smallest absolute Gasteiger partial charge is 0.0249 e. The second-order valence-electron chi connectivity index (χ2n) is 5.71. The molecule has 1 heterocycles. The lowest BCUT2D eigenvalue weighted by atomic mass is 9.83. The summed E-state index contributed by atoms with van der Waals surface area (Å²) in [5, 5.41) is 0. The van der Waals surface area contributed by atoms with Crippen LogP contribution < -0.4 is 5.73 Å². The largest absolute Gasteiger partial charge is 0.326 e. The van der Waals surface area contributed by atoms with Gasteiger partial charge in [0.1, 0.15) is 0 Å². The fourth-order valence-electron chi connectivity index (χ4n) is 3.29. The molecule has 1 saturated heterocycles. The summed E-state index contributed by atoms with van der Waals surface area (Å²) in [5.41, 5.74) is 6.27. The number of nitrogens with two attached hydrogens (primary N) is 1. The van der Waals surface area contributed by atoms with E-state index in [2.05, 4.69) is 18.7 Å². The Morgan fingerprint density at radius 2 is 2.07 bits per heavy atom. The van der Waals surface area contributed by atoms with Crippen LogP contribution in [0.15, 0.2) is 0 Å². The van der Waals surface area contributed by atoms with Gasteiger partial charge >= 0.3 is 0 Å². The molecule has 1 saturated carbocycles.